The van der Waals surface area contributed by atoms with Crippen LogP contribution in [0.4, 0.5) is 4.39 Å². The maximum atomic E-state index is 12.9. The van der Waals surface area contributed by atoms with Gasteiger partial charge in [0, 0.05) is 18.1 Å². The zero-order chi connectivity index (χ0) is 17.5. The second kappa shape index (κ2) is 8.81. The zero-order valence-corrected chi connectivity index (χ0v) is 14.7. The van der Waals surface area contributed by atoms with Gasteiger partial charge in [0.2, 0.25) is 5.91 Å². The lowest BCUT2D eigenvalue weighted by molar-refractivity contribution is -0.125. The third-order valence-electron chi connectivity index (χ3n) is 4.04. The Labute approximate surface area is 147 Å². The summed E-state index contributed by atoms with van der Waals surface area (Å²) in [6, 6.07) is 13.7. The molecule has 1 atom stereocenters. The molecule has 5 heteroatoms. The molecule has 3 nitrogen and oxygen atoms in total. The van der Waals surface area contributed by atoms with Crippen molar-refractivity contribution in [3.8, 4) is 0 Å². The quantitative estimate of drug-likeness (QED) is 0.828. The van der Waals surface area contributed by atoms with Gasteiger partial charge < -0.3 is 5.32 Å². The van der Waals surface area contributed by atoms with E-state index in [1.54, 1.807) is 12.1 Å². The fourth-order valence-electron chi connectivity index (χ4n) is 2.36. The highest BCUT2D eigenvalue weighted by Crippen LogP contribution is 2.17. The average molecular weight is 349 g/mol. The minimum Gasteiger partial charge on any atom is -0.354 e. The molecule has 0 radical (unpaired) electrons. The Hall–Kier alpha value is -1.91. The number of nitrogens with one attached hydrogen (secondary N) is 1. The molecule has 0 aliphatic heterocycles. The van der Waals surface area contributed by atoms with Crippen LogP contribution in [0.15, 0.2) is 48.5 Å². The molecule has 2 aromatic rings. The monoisotopic (exact) mass is 348 g/mol. The Morgan fingerprint density at radius 1 is 1.21 bits per heavy atom. The Morgan fingerprint density at radius 3 is 2.54 bits per heavy atom. The van der Waals surface area contributed by atoms with Crippen LogP contribution in [-0.2, 0) is 17.8 Å². The van der Waals surface area contributed by atoms with E-state index < -0.39 is 0 Å². The fourth-order valence-corrected chi connectivity index (χ4v) is 2.56. The van der Waals surface area contributed by atoms with E-state index in [2.05, 4.69) is 5.32 Å². The van der Waals surface area contributed by atoms with Crippen molar-refractivity contribution in [2.24, 2.45) is 0 Å². The molecule has 0 saturated carbocycles. The van der Waals surface area contributed by atoms with Crippen molar-refractivity contribution in [1.29, 1.82) is 0 Å². The summed E-state index contributed by atoms with van der Waals surface area (Å²) < 4.78 is 12.9. The highest BCUT2D eigenvalue weighted by Gasteiger charge is 2.18. The summed E-state index contributed by atoms with van der Waals surface area (Å²) in [5, 5.41) is 3.62. The van der Waals surface area contributed by atoms with Gasteiger partial charge in [-0.2, -0.15) is 0 Å². The van der Waals surface area contributed by atoms with Crippen LogP contribution < -0.4 is 5.32 Å². The standard InChI is InChI=1S/C19H22ClFN2O/c1-14(23(2)13-16-5-3-4-6-18(16)20)19(24)22-12-11-15-7-9-17(21)10-8-15/h3-10,14H,11-13H2,1-2H3,(H,22,24). The normalized spacial score (nSPS) is 12.2. The Morgan fingerprint density at radius 2 is 1.88 bits per heavy atom. The molecule has 1 amide bonds. The molecule has 2 aromatic carbocycles. The largest absolute Gasteiger partial charge is 0.354 e. The summed E-state index contributed by atoms with van der Waals surface area (Å²) >= 11 is 6.16. The average Bonchev–Trinajstić information content (AvgIpc) is 2.58. The van der Waals surface area contributed by atoms with Gasteiger partial charge in [-0.3, -0.25) is 9.69 Å². The molecule has 0 aromatic heterocycles. The SMILES string of the molecule is CC(C(=O)NCCc1ccc(F)cc1)N(C)Cc1ccccc1Cl. The highest BCUT2D eigenvalue weighted by molar-refractivity contribution is 6.31. The van der Waals surface area contributed by atoms with Crippen molar-refractivity contribution in [2.75, 3.05) is 13.6 Å². The summed E-state index contributed by atoms with van der Waals surface area (Å²) in [4.78, 5) is 14.2. The smallest absolute Gasteiger partial charge is 0.237 e. The first-order valence-electron chi connectivity index (χ1n) is 7.93. The van der Waals surface area contributed by atoms with Crippen molar-refractivity contribution in [3.05, 3.63) is 70.5 Å². The van der Waals surface area contributed by atoms with E-state index >= 15 is 0 Å². The van der Waals surface area contributed by atoms with Crippen molar-refractivity contribution in [1.82, 2.24) is 10.2 Å². The van der Waals surface area contributed by atoms with E-state index in [4.69, 9.17) is 11.6 Å². The van der Waals surface area contributed by atoms with Crippen molar-refractivity contribution >= 4 is 17.5 Å². The summed E-state index contributed by atoms with van der Waals surface area (Å²) in [6.07, 6.45) is 0.674. The number of rotatable bonds is 7. The molecular weight excluding hydrogens is 327 g/mol. The van der Waals surface area contributed by atoms with E-state index in [0.717, 1.165) is 11.1 Å². The molecule has 0 bridgehead atoms. The summed E-state index contributed by atoms with van der Waals surface area (Å²) in [7, 11) is 1.90. The van der Waals surface area contributed by atoms with E-state index in [0.29, 0.717) is 24.5 Å². The number of benzene rings is 2. The minimum atomic E-state index is -0.269. The molecule has 0 fully saturated rings. The maximum Gasteiger partial charge on any atom is 0.237 e. The molecular formula is C19H22ClFN2O. The lowest BCUT2D eigenvalue weighted by Gasteiger charge is -2.24. The number of amides is 1. The van der Waals surface area contributed by atoms with Gasteiger partial charge in [0.25, 0.3) is 0 Å². The molecule has 2 rings (SSSR count). The summed E-state index contributed by atoms with van der Waals surface area (Å²) in [6.45, 7) is 2.99. The summed E-state index contributed by atoms with van der Waals surface area (Å²) in [5.41, 5.74) is 1.99. The lowest BCUT2D eigenvalue weighted by atomic mass is 10.1. The van der Waals surface area contributed by atoms with Gasteiger partial charge in [0.15, 0.2) is 0 Å². The molecule has 128 valence electrons. The maximum absolute atomic E-state index is 12.9. The highest BCUT2D eigenvalue weighted by atomic mass is 35.5. The molecule has 24 heavy (non-hydrogen) atoms. The topological polar surface area (TPSA) is 32.3 Å². The molecule has 0 spiro atoms. The molecule has 0 saturated heterocycles. The number of halogens is 2. The van der Waals surface area contributed by atoms with E-state index in [-0.39, 0.29) is 17.8 Å². The van der Waals surface area contributed by atoms with Crippen LogP contribution in [0.5, 0.6) is 0 Å². The van der Waals surface area contributed by atoms with Crippen molar-refractivity contribution in [3.63, 3.8) is 0 Å². The third kappa shape index (κ3) is 5.32. The van der Waals surface area contributed by atoms with Gasteiger partial charge in [-0.15, -0.1) is 0 Å². The van der Waals surface area contributed by atoms with E-state index in [1.807, 2.05) is 43.1 Å². The predicted octanol–water partition coefficient (Wildman–Crippen LogP) is 3.66. The number of likely N-dealkylation sites (N-methyl/N-ethyl adjacent to an activating group) is 1. The number of hydrogen-bond donors (Lipinski definition) is 1. The summed E-state index contributed by atoms with van der Waals surface area (Å²) in [5.74, 6) is -0.288. The van der Waals surface area contributed by atoms with Gasteiger partial charge in [-0.25, -0.2) is 4.39 Å². The predicted molar refractivity (Wildman–Crippen MR) is 95.5 cm³/mol. The van der Waals surface area contributed by atoms with Crippen LogP contribution in [0, 0.1) is 5.82 Å². The zero-order valence-electron chi connectivity index (χ0n) is 13.9. The van der Waals surface area contributed by atoms with Gasteiger partial charge in [0.05, 0.1) is 6.04 Å². The van der Waals surface area contributed by atoms with Crippen LogP contribution in [-0.4, -0.2) is 30.4 Å². The molecule has 0 aliphatic rings. The Balaban J connectivity index is 1.80. The van der Waals surface area contributed by atoms with E-state index in [1.165, 1.54) is 12.1 Å². The molecule has 0 aliphatic carbocycles. The van der Waals surface area contributed by atoms with Crippen molar-refractivity contribution in [2.45, 2.75) is 25.9 Å². The van der Waals surface area contributed by atoms with E-state index in [9.17, 15) is 9.18 Å². The second-order valence-electron chi connectivity index (χ2n) is 5.85. The first-order chi connectivity index (χ1) is 11.5. The van der Waals surface area contributed by atoms with Crippen LogP contribution in [0.25, 0.3) is 0 Å². The molecule has 1 N–H and O–H groups in total. The second-order valence-corrected chi connectivity index (χ2v) is 6.26. The van der Waals surface area contributed by atoms with Crippen LogP contribution >= 0.6 is 11.6 Å². The molecule has 1 unspecified atom stereocenters. The first kappa shape index (κ1) is 18.4. The Bertz CT molecular complexity index is 675. The van der Waals surface area contributed by atoms with Gasteiger partial charge in [-0.05, 0) is 49.7 Å². The Kier molecular flexibility index (Phi) is 6.76. The van der Waals surface area contributed by atoms with Gasteiger partial charge >= 0.3 is 0 Å². The number of carbonyl (C=O) groups is 1. The van der Waals surface area contributed by atoms with Gasteiger partial charge in [0.1, 0.15) is 5.82 Å². The van der Waals surface area contributed by atoms with Crippen LogP contribution in [0.1, 0.15) is 18.1 Å². The van der Waals surface area contributed by atoms with Crippen molar-refractivity contribution < 1.29 is 9.18 Å². The number of carbonyl (C=O) groups excluding carboxylic acids is 1. The number of hydrogen-bond acceptors (Lipinski definition) is 2. The van der Waals surface area contributed by atoms with Gasteiger partial charge in [-0.1, -0.05) is 41.9 Å². The fraction of sp³-hybridized carbons (Fsp3) is 0.316. The third-order valence-corrected chi connectivity index (χ3v) is 4.41. The number of nitrogens with zero attached hydrogens (tertiary/aromatic N) is 1. The first-order valence-corrected chi connectivity index (χ1v) is 8.31. The minimum absolute atomic E-state index is 0.0355. The van der Waals surface area contributed by atoms with Crippen LogP contribution in [0.3, 0.4) is 0 Å². The molecule has 0 heterocycles. The van der Waals surface area contributed by atoms with Crippen LogP contribution in [0.2, 0.25) is 5.02 Å². The lowest BCUT2D eigenvalue weighted by Crippen LogP contribution is -2.43.